The van der Waals surface area contributed by atoms with Crippen molar-refractivity contribution in [3.8, 4) is 5.75 Å². The first-order valence-electron chi connectivity index (χ1n) is 17.2. The molecule has 0 radical (unpaired) electrons. The van der Waals surface area contributed by atoms with E-state index in [1.165, 1.54) is 11.3 Å². The molecule has 5 N–H and O–H groups in total. The molecule has 1 aromatic heterocycles. The monoisotopic (exact) mass is 729 g/mol. The number of benzene rings is 2. The predicted octanol–water partition coefficient (Wildman–Crippen LogP) is 6.06. The molecule has 2 heterocycles. The summed E-state index contributed by atoms with van der Waals surface area (Å²) in [5.74, 6) is -1.11. The lowest BCUT2D eigenvalue weighted by molar-refractivity contribution is -0.134. The van der Waals surface area contributed by atoms with Crippen molar-refractivity contribution in [1.82, 2.24) is 20.9 Å². The van der Waals surface area contributed by atoms with Gasteiger partial charge < -0.3 is 26.4 Å². The topological polar surface area (TPSA) is 153 Å². The van der Waals surface area contributed by atoms with Crippen molar-refractivity contribution in [1.29, 1.82) is 0 Å². The maximum atomic E-state index is 14.2. The number of Topliss-reactive ketones (excluding diaryl/α,β-unsaturated/α-hetero) is 1. The predicted molar refractivity (Wildman–Crippen MR) is 193 cm³/mol. The summed E-state index contributed by atoms with van der Waals surface area (Å²) in [6.07, 6.45) is 6.39. The van der Waals surface area contributed by atoms with Gasteiger partial charge in [-0.2, -0.15) is 0 Å². The second kappa shape index (κ2) is 17.6. The van der Waals surface area contributed by atoms with Gasteiger partial charge in [-0.25, -0.2) is 4.98 Å². The molecule has 0 saturated heterocycles. The number of ketones is 1. The van der Waals surface area contributed by atoms with E-state index >= 15 is 0 Å². The molecule has 13 heteroatoms. The van der Waals surface area contributed by atoms with Gasteiger partial charge in [0.1, 0.15) is 11.8 Å². The van der Waals surface area contributed by atoms with Gasteiger partial charge in [0.05, 0.1) is 33.9 Å². The highest BCUT2D eigenvalue weighted by Crippen LogP contribution is 2.35. The molecule has 3 aromatic rings. The highest BCUT2D eigenvalue weighted by molar-refractivity contribution is 7.18. The first-order chi connectivity index (χ1) is 23.6. The van der Waals surface area contributed by atoms with Gasteiger partial charge in [-0.3, -0.25) is 19.2 Å². The number of nitrogens with two attached hydrogens (primary N) is 1. The highest BCUT2D eigenvalue weighted by Gasteiger charge is 2.37. The molecule has 2 aliphatic rings. The van der Waals surface area contributed by atoms with Crippen LogP contribution in [0.25, 0.3) is 10.2 Å². The van der Waals surface area contributed by atoms with Crippen LogP contribution in [0.5, 0.6) is 5.75 Å². The summed E-state index contributed by atoms with van der Waals surface area (Å²) >= 11 is 13.8. The molecule has 2 aromatic carbocycles. The number of halogens is 2. The molecule has 1 aliphatic heterocycles. The zero-order valence-corrected chi connectivity index (χ0v) is 30.1. The Bertz CT molecular complexity index is 1640. The van der Waals surface area contributed by atoms with E-state index in [4.69, 9.17) is 33.7 Å². The molecule has 5 rings (SSSR count). The molecule has 1 saturated carbocycles. The normalized spacial score (nSPS) is 17.8. The summed E-state index contributed by atoms with van der Waals surface area (Å²) < 4.78 is 6.66. The lowest BCUT2D eigenvalue weighted by atomic mass is 9.86. The van der Waals surface area contributed by atoms with Gasteiger partial charge in [0.2, 0.25) is 17.7 Å². The van der Waals surface area contributed by atoms with Crippen LogP contribution in [0.15, 0.2) is 36.4 Å². The van der Waals surface area contributed by atoms with E-state index in [-0.39, 0.29) is 48.8 Å². The summed E-state index contributed by atoms with van der Waals surface area (Å²) in [5.41, 5.74) is 7.38. The zero-order chi connectivity index (χ0) is 34.9. The number of nitrogens with zero attached hydrogens (tertiary/aromatic N) is 1. The lowest BCUT2D eigenvalue weighted by Gasteiger charge is -2.30. The van der Waals surface area contributed by atoms with Crippen molar-refractivity contribution in [2.75, 3.05) is 13.2 Å². The minimum Gasteiger partial charge on any atom is -0.493 e. The van der Waals surface area contributed by atoms with E-state index in [9.17, 15) is 19.2 Å². The van der Waals surface area contributed by atoms with Crippen molar-refractivity contribution < 1.29 is 23.9 Å². The molecule has 1 aliphatic carbocycles. The van der Waals surface area contributed by atoms with E-state index in [2.05, 4.69) is 20.9 Å². The maximum absolute atomic E-state index is 14.2. The summed E-state index contributed by atoms with van der Waals surface area (Å²) in [6, 6.07) is 8.81. The van der Waals surface area contributed by atoms with Gasteiger partial charge >= 0.3 is 0 Å². The summed E-state index contributed by atoms with van der Waals surface area (Å²) in [7, 11) is 0. The fourth-order valence-electron chi connectivity index (χ4n) is 6.75. The Morgan fingerprint density at radius 1 is 1.00 bits per heavy atom. The second-order valence-corrected chi connectivity index (χ2v) is 14.9. The number of fused-ring (bicyclic) bond motifs is 2. The molecule has 0 unspecified atom stereocenters. The minimum absolute atomic E-state index is 0.0147. The number of nitrogens with one attached hydrogen (secondary N) is 3. The standard InChI is InChI=1S/C36H45Cl2N5O5S/c1-2-32(45)40-28(20-33-41-27-13-11-24(38)19-31(27)49-33)36(47)43-34(21-7-3-4-8-21)29(44)17-22(9-5-6-15-39)35(46)42-26-14-16-48-30-18-23(37)10-12-25(26)30/h10-13,18-19,21-22,26,28,34H,2-9,14-17,20,39H2,1H3,(H,40,45)(H,42,46)(H,43,47)/t22-,26-,28+,34+/m1/s1. The fourth-order valence-corrected chi connectivity index (χ4v) is 8.20. The number of ether oxygens (including phenoxy) is 1. The van der Waals surface area contributed by atoms with Gasteiger partial charge in [-0.1, -0.05) is 55.5 Å². The van der Waals surface area contributed by atoms with Gasteiger partial charge in [-0.05, 0) is 68.5 Å². The van der Waals surface area contributed by atoms with Gasteiger partial charge in [-0.15, -0.1) is 11.3 Å². The summed E-state index contributed by atoms with van der Waals surface area (Å²) in [5, 5.41) is 10.9. The minimum atomic E-state index is -0.925. The number of unbranched alkanes of at least 4 members (excludes halogenated alkanes) is 1. The van der Waals surface area contributed by atoms with Gasteiger partial charge in [0.15, 0.2) is 5.78 Å². The van der Waals surface area contributed by atoms with Crippen molar-refractivity contribution >= 4 is 68.3 Å². The SMILES string of the molecule is CCC(=O)N[C@@H](Cc1nc2ccc(Cl)cc2s1)C(=O)N[C@H](C(=O)C[C@@H](CCCCN)C(=O)N[C@@H]1CCOc2cc(Cl)ccc21)C1CCCC1. The lowest BCUT2D eigenvalue weighted by Crippen LogP contribution is -2.54. The second-order valence-electron chi connectivity index (χ2n) is 13.0. The summed E-state index contributed by atoms with van der Waals surface area (Å²) in [6.45, 7) is 2.65. The van der Waals surface area contributed by atoms with Crippen LogP contribution in [0.1, 0.15) is 87.7 Å². The Morgan fingerprint density at radius 3 is 2.51 bits per heavy atom. The number of thiazole rings is 1. The van der Waals surface area contributed by atoms with E-state index in [1.54, 1.807) is 25.1 Å². The van der Waals surface area contributed by atoms with Crippen LogP contribution in [0.4, 0.5) is 0 Å². The third-order valence-electron chi connectivity index (χ3n) is 9.42. The average molecular weight is 731 g/mol. The molecule has 10 nitrogen and oxygen atoms in total. The third kappa shape index (κ3) is 9.93. The van der Waals surface area contributed by atoms with Crippen LogP contribution < -0.4 is 26.4 Å². The maximum Gasteiger partial charge on any atom is 0.243 e. The quantitative estimate of drug-likeness (QED) is 0.131. The first-order valence-corrected chi connectivity index (χ1v) is 18.8. The molecule has 4 atom stereocenters. The molecular weight excluding hydrogens is 685 g/mol. The molecule has 0 bridgehead atoms. The highest BCUT2D eigenvalue weighted by atomic mass is 35.5. The molecular formula is C36H45Cl2N5O5S. The van der Waals surface area contributed by atoms with E-state index < -0.39 is 23.9 Å². The summed E-state index contributed by atoms with van der Waals surface area (Å²) in [4.78, 5) is 59.2. The fraction of sp³-hybridized carbons (Fsp3) is 0.528. The zero-order valence-electron chi connectivity index (χ0n) is 27.8. The van der Waals surface area contributed by atoms with Crippen LogP contribution in [-0.4, -0.2) is 53.7 Å². The number of amides is 3. The Kier molecular flexibility index (Phi) is 13.3. The Labute approximate surface area is 301 Å². The first kappa shape index (κ1) is 37.0. The third-order valence-corrected chi connectivity index (χ3v) is 10.9. The molecule has 3 amide bonds. The molecule has 49 heavy (non-hydrogen) atoms. The average Bonchev–Trinajstić information content (AvgIpc) is 3.76. The number of rotatable bonds is 16. The van der Waals surface area contributed by atoms with Crippen molar-refractivity contribution in [3.05, 3.63) is 57.0 Å². The van der Waals surface area contributed by atoms with Crippen LogP contribution in [0.3, 0.4) is 0 Å². The number of hydrogen-bond donors (Lipinski definition) is 4. The van der Waals surface area contributed by atoms with Crippen molar-refractivity contribution in [2.24, 2.45) is 17.6 Å². The van der Waals surface area contributed by atoms with Gasteiger partial charge in [0, 0.05) is 47.2 Å². The van der Waals surface area contributed by atoms with Crippen molar-refractivity contribution in [2.45, 2.75) is 95.7 Å². The van der Waals surface area contributed by atoms with E-state index in [1.807, 2.05) is 18.2 Å². The van der Waals surface area contributed by atoms with E-state index in [0.717, 1.165) is 47.9 Å². The molecule has 0 spiro atoms. The van der Waals surface area contributed by atoms with Crippen LogP contribution in [0, 0.1) is 11.8 Å². The Balaban J connectivity index is 1.32. The molecule has 264 valence electrons. The van der Waals surface area contributed by atoms with Crippen molar-refractivity contribution in [3.63, 3.8) is 0 Å². The number of aromatic nitrogens is 1. The van der Waals surface area contributed by atoms with E-state index in [0.29, 0.717) is 53.2 Å². The van der Waals surface area contributed by atoms with Crippen LogP contribution in [0.2, 0.25) is 10.0 Å². The smallest absolute Gasteiger partial charge is 0.243 e. The Morgan fingerprint density at radius 2 is 1.76 bits per heavy atom. The number of carbonyl (C=O) groups is 4. The van der Waals surface area contributed by atoms with Gasteiger partial charge in [0.25, 0.3) is 0 Å². The Hall–Kier alpha value is -3.25. The number of hydrogen-bond acceptors (Lipinski definition) is 8. The van der Waals surface area contributed by atoms with Crippen LogP contribution >= 0.6 is 34.5 Å². The number of carbonyl (C=O) groups excluding carboxylic acids is 4. The largest absolute Gasteiger partial charge is 0.493 e. The van der Waals surface area contributed by atoms with Crippen LogP contribution in [-0.2, 0) is 25.6 Å². The molecule has 1 fully saturated rings.